The first-order valence-electron chi connectivity index (χ1n) is 14.6. The van der Waals surface area contributed by atoms with Gasteiger partial charge in [0.05, 0.1) is 5.69 Å². The summed E-state index contributed by atoms with van der Waals surface area (Å²) < 4.78 is 39.9. The Morgan fingerprint density at radius 2 is 1.79 bits per heavy atom. The number of rotatable bonds is 7. The van der Waals surface area contributed by atoms with Crippen LogP contribution in [0.4, 0.5) is 23.7 Å². The van der Waals surface area contributed by atoms with Crippen molar-refractivity contribution in [2.45, 2.75) is 89.4 Å². The minimum absolute atomic E-state index is 0.0545. The maximum atomic E-state index is 13.0. The summed E-state index contributed by atoms with van der Waals surface area (Å²) in [4.78, 5) is 44.0. The fourth-order valence-electron chi connectivity index (χ4n) is 6.29. The second-order valence-corrected chi connectivity index (χ2v) is 13.4. The van der Waals surface area contributed by atoms with Gasteiger partial charge >= 0.3 is 12.2 Å². The van der Waals surface area contributed by atoms with Gasteiger partial charge in [-0.25, -0.2) is 14.0 Å². The van der Waals surface area contributed by atoms with E-state index < -0.39 is 29.7 Å². The van der Waals surface area contributed by atoms with Crippen LogP contribution in [0.2, 0.25) is 0 Å². The Kier molecular flexibility index (Phi) is 8.50. The molecule has 0 unspecified atom stereocenters. The van der Waals surface area contributed by atoms with Crippen LogP contribution in [0.1, 0.15) is 76.3 Å². The van der Waals surface area contributed by atoms with Gasteiger partial charge in [-0.15, -0.1) is 0 Å². The van der Waals surface area contributed by atoms with E-state index in [0.717, 1.165) is 42.6 Å². The quantitative estimate of drug-likeness (QED) is 0.296. The molecule has 1 aromatic carbocycles. The lowest BCUT2D eigenvalue weighted by Crippen LogP contribution is -2.47. The maximum absolute atomic E-state index is 13.0. The Morgan fingerprint density at radius 1 is 1.10 bits per heavy atom. The standard InChI is InChI=1S/C30H38F3N5O3S/c1-19-18-23(38-26(40)28(2,3)36-27(38)41)9-8-21(19)11-17-42-37-15-13-29(14-16-37)25(39)34-24(35-29)22-6-4-20(5-7-22)10-12-30(31,32)33/h8-9,11,17-18,20,22H,4-7,10,12-16H2,1-3H3,(H,36,41)(H,34,35,39)/b17-11+. The number of hydrogen-bond donors (Lipinski definition) is 2. The molecule has 0 atom stereocenters. The molecule has 3 heterocycles. The van der Waals surface area contributed by atoms with Gasteiger partial charge in [-0.3, -0.25) is 14.6 Å². The number of alkyl halides is 3. The van der Waals surface area contributed by atoms with Crippen LogP contribution in [0.3, 0.4) is 0 Å². The number of aliphatic imine (C=N–C) groups is 1. The molecule has 42 heavy (non-hydrogen) atoms. The van der Waals surface area contributed by atoms with E-state index >= 15 is 0 Å². The molecule has 1 spiro atoms. The van der Waals surface area contributed by atoms with Crippen LogP contribution in [0.5, 0.6) is 0 Å². The van der Waals surface area contributed by atoms with E-state index in [1.807, 2.05) is 30.5 Å². The molecule has 228 valence electrons. The van der Waals surface area contributed by atoms with E-state index in [4.69, 9.17) is 4.99 Å². The summed E-state index contributed by atoms with van der Waals surface area (Å²) in [6.45, 7) is 6.69. The molecule has 4 amide bonds. The third-order valence-corrected chi connectivity index (χ3v) is 9.87. The van der Waals surface area contributed by atoms with Gasteiger partial charge in [-0.2, -0.15) is 13.2 Å². The number of nitrogens with zero attached hydrogens (tertiary/aromatic N) is 3. The molecule has 0 bridgehead atoms. The van der Waals surface area contributed by atoms with Crippen molar-refractivity contribution in [3.8, 4) is 0 Å². The summed E-state index contributed by atoms with van der Waals surface area (Å²) in [5, 5.41) is 7.71. The molecule has 1 saturated carbocycles. The molecule has 2 N–H and O–H groups in total. The number of aryl methyl sites for hydroxylation is 1. The average Bonchev–Trinajstić information content (AvgIpc) is 3.35. The van der Waals surface area contributed by atoms with E-state index in [9.17, 15) is 27.6 Å². The molecule has 0 radical (unpaired) electrons. The van der Waals surface area contributed by atoms with Crippen molar-refractivity contribution >= 4 is 47.4 Å². The van der Waals surface area contributed by atoms with Crippen LogP contribution in [0.25, 0.3) is 6.08 Å². The number of carbonyl (C=O) groups is 3. The monoisotopic (exact) mass is 605 g/mol. The number of halogens is 3. The molecule has 2 saturated heterocycles. The Labute approximate surface area is 248 Å². The van der Waals surface area contributed by atoms with Gasteiger partial charge in [0.15, 0.2) is 0 Å². The van der Waals surface area contributed by atoms with E-state index in [1.54, 1.807) is 31.9 Å². The highest BCUT2D eigenvalue weighted by Gasteiger charge is 2.47. The van der Waals surface area contributed by atoms with Gasteiger partial charge < -0.3 is 10.6 Å². The predicted octanol–water partition coefficient (Wildman–Crippen LogP) is 5.96. The molecule has 0 aromatic heterocycles. The van der Waals surface area contributed by atoms with Crippen LogP contribution in [-0.2, 0) is 9.59 Å². The van der Waals surface area contributed by atoms with Crippen molar-refractivity contribution in [2.75, 3.05) is 18.0 Å². The number of amides is 4. The molecule has 1 aliphatic carbocycles. The van der Waals surface area contributed by atoms with Crippen LogP contribution < -0.4 is 15.5 Å². The molecule has 3 aliphatic heterocycles. The molecule has 3 fully saturated rings. The van der Waals surface area contributed by atoms with Crippen molar-refractivity contribution in [3.63, 3.8) is 0 Å². The second kappa shape index (κ2) is 11.7. The highest BCUT2D eigenvalue weighted by atomic mass is 32.2. The average molecular weight is 606 g/mol. The number of anilines is 1. The third-order valence-electron chi connectivity index (χ3n) is 8.95. The van der Waals surface area contributed by atoms with Crippen molar-refractivity contribution in [2.24, 2.45) is 16.8 Å². The van der Waals surface area contributed by atoms with Gasteiger partial charge in [0.1, 0.15) is 16.9 Å². The van der Waals surface area contributed by atoms with Crippen molar-refractivity contribution in [3.05, 3.63) is 34.7 Å². The molecule has 5 rings (SSSR count). The fourth-order valence-corrected chi connectivity index (χ4v) is 7.06. The number of hydrogen-bond acceptors (Lipinski definition) is 6. The SMILES string of the molecule is Cc1cc(N2C(=O)NC(C)(C)C2=O)ccc1/C=C/SN1CCC2(CC1)N=C(C1CCC(CCC(F)(F)F)CC1)NC2=O. The Balaban J connectivity index is 1.11. The lowest BCUT2D eigenvalue weighted by molar-refractivity contribution is -0.138. The number of benzene rings is 1. The number of carbonyl (C=O) groups excluding carboxylic acids is 3. The third kappa shape index (κ3) is 6.54. The summed E-state index contributed by atoms with van der Waals surface area (Å²) in [7, 11) is 0. The van der Waals surface area contributed by atoms with Gasteiger partial charge in [0.2, 0.25) is 0 Å². The smallest absolute Gasteiger partial charge is 0.323 e. The van der Waals surface area contributed by atoms with E-state index in [0.29, 0.717) is 31.6 Å². The van der Waals surface area contributed by atoms with Crippen LogP contribution in [0, 0.1) is 18.8 Å². The largest absolute Gasteiger partial charge is 0.389 e. The lowest BCUT2D eigenvalue weighted by Gasteiger charge is -2.34. The van der Waals surface area contributed by atoms with E-state index in [-0.39, 0.29) is 30.1 Å². The minimum atomic E-state index is -4.10. The van der Waals surface area contributed by atoms with Gasteiger partial charge in [0.25, 0.3) is 11.8 Å². The van der Waals surface area contributed by atoms with Gasteiger partial charge in [-0.1, -0.05) is 18.0 Å². The fraction of sp³-hybridized carbons (Fsp3) is 0.600. The predicted molar refractivity (Wildman–Crippen MR) is 158 cm³/mol. The Bertz CT molecular complexity index is 1300. The zero-order valence-electron chi connectivity index (χ0n) is 24.2. The number of urea groups is 1. The molecule has 1 aromatic rings. The highest BCUT2D eigenvalue weighted by Crippen LogP contribution is 2.39. The molecular formula is C30H38F3N5O3S. The first-order chi connectivity index (χ1) is 19.8. The van der Waals surface area contributed by atoms with Crippen molar-refractivity contribution < 1.29 is 27.6 Å². The lowest BCUT2D eigenvalue weighted by atomic mass is 9.79. The Hall–Kier alpha value is -2.86. The van der Waals surface area contributed by atoms with Crippen LogP contribution in [0.15, 0.2) is 28.6 Å². The number of imide groups is 1. The summed E-state index contributed by atoms with van der Waals surface area (Å²) in [5.41, 5.74) is 0.774. The summed E-state index contributed by atoms with van der Waals surface area (Å²) in [6.07, 6.45) is 1.59. The zero-order chi connectivity index (χ0) is 30.3. The van der Waals surface area contributed by atoms with Gasteiger partial charge in [-0.05, 0) is 106 Å². The van der Waals surface area contributed by atoms with Crippen LogP contribution >= 0.6 is 11.9 Å². The summed E-state index contributed by atoms with van der Waals surface area (Å²) in [5.74, 6) is 0.595. The second-order valence-electron chi connectivity index (χ2n) is 12.4. The van der Waals surface area contributed by atoms with Crippen molar-refractivity contribution in [1.82, 2.24) is 14.9 Å². The zero-order valence-corrected chi connectivity index (χ0v) is 25.0. The van der Waals surface area contributed by atoms with Crippen molar-refractivity contribution in [1.29, 1.82) is 0 Å². The summed E-state index contributed by atoms with van der Waals surface area (Å²) in [6, 6.07) is 5.06. The normalized spacial score (nSPS) is 26.2. The first-order valence-corrected chi connectivity index (χ1v) is 15.4. The minimum Gasteiger partial charge on any atom is -0.323 e. The van der Waals surface area contributed by atoms with Gasteiger partial charge in [0, 0.05) is 25.4 Å². The number of nitrogens with one attached hydrogen (secondary N) is 2. The summed E-state index contributed by atoms with van der Waals surface area (Å²) >= 11 is 1.57. The maximum Gasteiger partial charge on any atom is 0.389 e. The van der Waals surface area contributed by atoms with E-state index in [1.165, 1.54) is 4.90 Å². The van der Waals surface area contributed by atoms with Crippen LogP contribution in [-0.4, -0.2) is 58.3 Å². The Morgan fingerprint density at radius 3 is 2.38 bits per heavy atom. The van der Waals surface area contributed by atoms with E-state index in [2.05, 4.69) is 14.9 Å². The topological polar surface area (TPSA) is 94.1 Å². The number of amidine groups is 1. The molecule has 12 heteroatoms. The highest BCUT2D eigenvalue weighted by molar-refractivity contribution is 8.00. The number of piperidine rings is 1. The first kappa shape index (κ1) is 30.6. The molecular weight excluding hydrogens is 567 g/mol. The molecule has 4 aliphatic rings. The molecule has 8 nitrogen and oxygen atoms in total.